The molecule has 0 aliphatic heterocycles. The fourth-order valence-electron chi connectivity index (χ4n) is 3.83. The number of aromatic nitrogens is 2. The Labute approximate surface area is 170 Å². The molecular weight excluding hydrogens is 364 g/mol. The second-order valence-electron chi connectivity index (χ2n) is 7.72. The highest BCUT2D eigenvalue weighted by Gasteiger charge is 2.23. The standard InChI is InChI=1S/C23H26N4O2/c1-16-10-12-17(13-11-16)15-24-23(29)21-26-20(19-9-5-6-14-27(19)21)22(28)25-18-7-3-2-4-8-18/h5-6,9-14,18H,2-4,7-8,15H2,1H3,(H,24,29)(H,25,28). The zero-order valence-electron chi connectivity index (χ0n) is 16.6. The Bertz CT molecular complexity index is 1020. The lowest BCUT2D eigenvalue weighted by Gasteiger charge is -2.22. The molecule has 0 radical (unpaired) electrons. The van der Waals surface area contributed by atoms with Crippen molar-refractivity contribution < 1.29 is 9.59 Å². The number of carbonyl (C=O) groups excluding carboxylic acids is 2. The van der Waals surface area contributed by atoms with Crippen LogP contribution in [0.25, 0.3) is 5.52 Å². The number of hydrogen-bond donors (Lipinski definition) is 2. The summed E-state index contributed by atoms with van der Waals surface area (Å²) in [6, 6.07) is 13.7. The van der Waals surface area contributed by atoms with E-state index in [4.69, 9.17) is 0 Å². The monoisotopic (exact) mass is 390 g/mol. The zero-order chi connectivity index (χ0) is 20.2. The lowest BCUT2D eigenvalue weighted by molar-refractivity contribution is 0.0925. The fraction of sp³-hybridized carbons (Fsp3) is 0.348. The molecule has 150 valence electrons. The van der Waals surface area contributed by atoms with Crippen molar-refractivity contribution >= 4 is 17.3 Å². The number of benzene rings is 1. The van der Waals surface area contributed by atoms with Crippen LogP contribution in [0, 0.1) is 6.92 Å². The molecule has 1 aliphatic carbocycles. The molecule has 0 atom stereocenters. The maximum Gasteiger partial charge on any atom is 0.287 e. The molecule has 29 heavy (non-hydrogen) atoms. The van der Waals surface area contributed by atoms with Crippen LogP contribution >= 0.6 is 0 Å². The summed E-state index contributed by atoms with van der Waals surface area (Å²) in [5.74, 6) is -0.289. The average molecular weight is 390 g/mol. The minimum Gasteiger partial charge on any atom is -0.348 e. The molecule has 6 nitrogen and oxygen atoms in total. The van der Waals surface area contributed by atoms with E-state index in [1.807, 2.05) is 49.4 Å². The highest BCUT2D eigenvalue weighted by Crippen LogP contribution is 2.19. The number of hydrogen-bond acceptors (Lipinski definition) is 3. The third-order valence-corrected chi connectivity index (χ3v) is 5.48. The van der Waals surface area contributed by atoms with Crippen molar-refractivity contribution in [1.82, 2.24) is 20.0 Å². The topological polar surface area (TPSA) is 75.5 Å². The molecule has 4 rings (SSSR count). The van der Waals surface area contributed by atoms with Crippen LogP contribution in [0.4, 0.5) is 0 Å². The molecule has 2 amide bonds. The Balaban J connectivity index is 1.53. The molecule has 3 aromatic rings. The first-order valence-corrected chi connectivity index (χ1v) is 10.2. The van der Waals surface area contributed by atoms with Gasteiger partial charge in [0.1, 0.15) is 0 Å². The van der Waals surface area contributed by atoms with Gasteiger partial charge in [0.2, 0.25) is 5.82 Å². The third-order valence-electron chi connectivity index (χ3n) is 5.48. The Morgan fingerprint density at radius 1 is 1.03 bits per heavy atom. The number of fused-ring (bicyclic) bond motifs is 1. The molecular formula is C23H26N4O2. The molecule has 1 aliphatic rings. The average Bonchev–Trinajstić information content (AvgIpc) is 3.14. The minimum atomic E-state index is -0.302. The lowest BCUT2D eigenvalue weighted by atomic mass is 9.95. The van der Waals surface area contributed by atoms with E-state index in [1.165, 1.54) is 12.0 Å². The van der Waals surface area contributed by atoms with E-state index >= 15 is 0 Å². The first-order valence-electron chi connectivity index (χ1n) is 10.2. The van der Waals surface area contributed by atoms with Gasteiger partial charge in [-0.05, 0) is 37.5 Å². The Kier molecular flexibility index (Phi) is 5.60. The summed E-state index contributed by atoms with van der Waals surface area (Å²) in [6.45, 7) is 2.43. The van der Waals surface area contributed by atoms with Gasteiger partial charge in [0.15, 0.2) is 5.69 Å². The number of carbonyl (C=O) groups is 2. The summed E-state index contributed by atoms with van der Waals surface area (Å²) in [4.78, 5) is 30.1. The second-order valence-corrected chi connectivity index (χ2v) is 7.72. The van der Waals surface area contributed by atoms with Crippen molar-refractivity contribution in [3.05, 3.63) is 71.3 Å². The molecule has 2 heterocycles. The quantitative estimate of drug-likeness (QED) is 0.698. The molecule has 0 unspecified atom stereocenters. The molecule has 0 saturated heterocycles. The van der Waals surface area contributed by atoms with E-state index in [0.29, 0.717) is 17.8 Å². The molecule has 2 aromatic heterocycles. The van der Waals surface area contributed by atoms with Gasteiger partial charge in [0.05, 0.1) is 5.52 Å². The van der Waals surface area contributed by atoms with Crippen molar-refractivity contribution in [1.29, 1.82) is 0 Å². The molecule has 2 N–H and O–H groups in total. The summed E-state index contributed by atoms with van der Waals surface area (Å²) in [5.41, 5.74) is 3.13. The molecule has 6 heteroatoms. The van der Waals surface area contributed by atoms with E-state index < -0.39 is 0 Å². The highest BCUT2D eigenvalue weighted by atomic mass is 16.2. The van der Waals surface area contributed by atoms with Gasteiger partial charge in [-0.15, -0.1) is 0 Å². The Hall–Kier alpha value is -3.15. The van der Waals surface area contributed by atoms with E-state index in [0.717, 1.165) is 31.2 Å². The van der Waals surface area contributed by atoms with E-state index in [1.54, 1.807) is 10.6 Å². The summed E-state index contributed by atoms with van der Waals surface area (Å²) in [7, 11) is 0. The second kappa shape index (κ2) is 8.47. The van der Waals surface area contributed by atoms with Gasteiger partial charge in [-0.3, -0.25) is 14.0 Å². The van der Waals surface area contributed by atoms with E-state index in [9.17, 15) is 9.59 Å². The third kappa shape index (κ3) is 4.31. The predicted molar refractivity (Wildman–Crippen MR) is 112 cm³/mol. The fourth-order valence-corrected chi connectivity index (χ4v) is 3.83. The van der Waals surface area contributed by atoms with Gasteiger partial charge in [-0.2, -0.15) is 0 Å². The number of imidazole rings is 1. The summed E-state index contributed by atoms with van der Waals surface area (Å²) in [5, 5.41) is 6.00. The molecule has 0 spiro atoms. The van der Waals surface area contributed by atoms with Crippen LogP contribution in [0.5, 0.6) is 0 Å². The smallest absolute Gasteiger partial charge is 0.287 e. The van der Waals surface area contributed by atoms with Crippen LogP contribution in [-0.4, -0.2) is 27.2 Å². The van der Waals surface area contributed by atoms with Gasteiger partial charge in [0.25, 0.3) is 11.8 Å². The Morgan fingerprint density at radius 3 is 2.55 bits per heavy atom. The van der Waals surface area contributed by atoms with E-state index in [-0.39, 0.29) is 23.7 Å². The minimum absolute atomic E-state index is 0.190. The zero-order valence-corrected chi connectivity index (χ0v) is 16.6. The summed E-state index contributed by atoms with van der Waals surface area (Å²) in [6.07, 6.45) is 7.28. The summed E-state index contributed by atoms with van der Waals surface area (Å²) >= 11 is 0. The molecule has 0 bridgehead atoms. The van der Waals surface area contributed by atoms with Crippen molar-refractivity contribution in [2.45, 2.75) is 51.6 Å². The van der Waals surface area contributed by atoms with Gasteiger partial charge in [-0.1, -0.05) is 55.2 Å². The molecule has 1 aromatic carbocycles. The van der Waals surface area contributed by atoms with Crippen LogP contribution in [0.1, 0.15) is 64.3 Å². The van der Waals surface area contributed by atoms with Crippen molar-refractivity contribution in [3.8, 4) is 0 Å². The van der Waals surface area contributed by atoms with Crippen LogP contribution in [0.15, 0.2) is 48.7 Å². The van der Waals surface area contributed by atoms with Gasteiger partial charge >= 0.3 is 0 Å². The molecule has 1 saturated carbocycles. The SMILES string of the molecule is Cc1ccc(CNC(=O)c2nc(C(=O)NC3CCCCC3)c3ccccn23)cc1. The van der Waals surface area contributed by atoms with Crippen molar-refractivity contribution in [2.75, 3.05) is 0 Å². The number of amides is 2. The van der Waals surface area contributed by atoms with Crippen LogP contribution in [-0.2, 0) is 6.54 Å². The van der Waals surface area contributed by atoms with Crippen LogP contribution < -0.4 is 10.6 Å². The van der Waals surface area contributed by atoms with Gasteiger partial charge < -0.3 is 10.6 Å². The predicted octanol–water partition coefficient (Wildman–Crippen LogP) is 3.64. The lowest BCUT2D eigenvalue weighted by Crippen LogP contribution is -2.36. The Morgan fingerprint density at radius 2 is 1.79 bits per heavy atom. The number of pyridine rings is 1. The highest BCUT2D eigenvalue weighted by molar-refractivity contribution is 6.02. The van der Waals surface area contributed by atoms with Crippen molar-refractivity contribution in [3.63, 3.8) is 0 Å². The van der Waals surface area contributed by atoms with Crippen LogP contribution in [0.2, 0.25) is 0 Å². The first kappa shape index (κ1) is 19.2. The number of aryl methyl sites for hydroxylation is 1. The normalized spacial score (nSPS) is 14.7. The van der Waals surface area contributed by atoms with Gasteiger partial charge in [-0.25, -0.2) is 4.98 Å². The number of nitrogens with one attached hydrogen (secondary N) is 2. The van der Waals surface area contributed by atoms with Crippen LogP contribution in [0.3, 0.4) is 0 Å². The van der Waals surface area contributed by atoms with Crippen molar-refractivity contribution in [2.24, 2.45) is 0 Å². The first-order chi connectivity index (χ1) is 14.1. The maximum atomic E-state index is 12.9. The number of nitrogens with zero attached hydrogens (tertiary/aromatic N) is 2. The number of rotatable bonds is 5. The summed E-state index contributed by atoms with van der Waals surface area (Å²) < 4.78 is 1.68. The molecule has 1 fully saturated rings. The van der Waals surface area contributed by atoms with E-state index in [2.05, 4.69) is 15.6 Å². The largest absolute Gasteiger partial charge is 0.348 e. The van der Waals surface area contributed by atoms with Gasteiger partial charge in [0, 0.05) is 18.8 Å². The maximum absolute atomic E-state index is 12.9.